The van der Waals surface area contributed by atoms with Crippen molar-refractivity contribution in [3.05, 3.63) is 53.6 Å². The first-order valence-electron chi connectivity index (χ1n) is 14.0. The fourth-order valence-electron chi connectivity index (χ4n) is 5.18. The zero-order valence-electron chi connectivity index (χ0n) is 23.6. The number of amides is 2. The molecule has 0 saturated carbocycles. The Bertz CT molecular complexity index is 1490. The van der Waals surface area contributed by atoms with Gasteiger partial charge < -0.3 is 14.4 Å². The maximum atomic E-state index is 13.9. The SMILES string of the molecule is CCOC(=O)N1CCN(S(=O)(=O)c2ccc(C(=O)N(CC3CCCO3)c3nc4c(C(C)C)cccc4s3)cc2)CC1. The molecule has 0 bridgehead atoms. The summed E-state index contributed by atoms with van der Waals surface area (Å²) in [5, 5.41) is 0.602. The van der Waals surface area contributed by atoms with Crippen LogP contribution in [0.1, 0.15) is 55.5 Å². The lowest BCUT2D eigenvalue weighted by molar-refractivity contribution is 0.0916. The van der Waals surface area contributed by atoms with E-state index in [4.69, 9.17) is 14.5 Å². The molecule has 0 radical (unpaired) electrons. The second-order valence-corrected chi connectivity index (χ2v) is 13.5. The molecule has 0 aliphatic carbocycles. The minimum atomic E-state index is -3.79. The summed E-state index contributed by atoms with van der Waals surface area (Å²) in [5.41, 5.74) is 2.40. The van der Waals surface area contributed by atoms with Crippen LogP contribution in [0.25, 0.3) is 10.2 Å². The molecule has 5 rings (SSSR count). The van der Waals surface area contributed by atoms with Gasteiger partial charge in [-0.2, -0.15) is 4.31 Å². The fourth-order valence-corrected chi connectivity index (χ4v) is 7.61. The highest BCUT2D eigenvalue weighted by atomic mass is 32.2. The number of aromatic nitrogens is 1. The van der Waals surface area contributed by atoms with E-state index in [9.17, 15) is 18.0 Å². The van der Waals surface area contributed by atoms with Gasteiger partial charge in [-0.25, -0.2) is 18.2 Å². The van der Waals surface area contributed by atoms with Gasteiger partial charge in [-0.15, -0.1) is 0 Å². The van der Waals surface area contributed by atoms with Gasteiger partial charge in [-0.05, 0) is 61.6 Å². The van der Waals surface area contributed by atoms with Crippen molar-refractivity contribution in [3.8, 4) is 0 Å². The molecule has 220 valence electrons. The van der Waals surface area contributed by atoms with Crippen LogP contribution in [0.5, 0.6) is 0 Å². The molecule has 2 aromatic carbocycles. The van der Waals surface area contributed by atoms with E-state index in [-0.39, 0.29) is 49.7 Å². The first-order valence-corrected chi connectivity index (χ1v) is 16.3. The number of anilines is 1. The lowest BCUT2D eigenvalue weighted by atomic mass is 10.0. The number of carbonyl (C=O) groups excluding carboxylic acids is 2. The number of piperazine rings is 1. The number of hydrogen-bond acceptors (Lipinski definition) is 8. The van der Waals surface area contributed by atoms with Gasteiger partial charge in [0.1, 0.15) is 0 Å². The molecule has 12 heteroatoms. The Morgan fingerprint density at radius 2 is 1.85 bits per heavy atom. The Morgan fingerprint density at radius 3 is 2.49 bits per heavy atom. The molecule has 3 heterocycles. The van der Waals surface area contributed by atoms with Gasteiger partial charge in [0.25, 0.3) is 5.91 Å². The van der Waals surface area contributed by atoms with E-state index in [0.717, 1.165) is 28.6 Å². The van der Waals surface area contributed by atoms with Crippen LogP contribution in [0.3, 0.4) is 0 Å². The van der Waals surface area contributed by atoms with Crippen molar-refractivity contribution < 1.29 is 27.5 Å². The molecule has 1 aromatic heterocycles. The molecule has 41 heavy (non-hydrogen) atoms. The summed E-state index contributed by atoms with van der Waals surface area (Å²) < 4.78 is 39.9. The number of fused-ring (bicyclic) bond motifs is 1. The monoisotopic (exact) mass is 600 g/mol. The molecule has 2 aliphatic rings. The number of ether oxygens (including phenoxy) is 2. The number of para-hydroxylation sites is 1. The van der Waals surface area contributed by atoms with Gasteiger partial charge >= 0.3 is 6.09 Å². The smallest absolute Gasteiger partial charge is 0.409 e. The summed E-state index contributed by atoms with van der Waals surface area (Å²) in [6.07, 6.45) is 1.30. The summed E-state index contributed by atoms with van der Waals surface area (Å²) in [7, 11) is -3.79. The van der Waals surface area contributed by atoms with Gasteiger partial charge in [0.15, 0.2) is 5.13 Å². The maximum absolute atomic E-state index is 13.9. The van der Waals surface area contributed by atoms with Crippen LogP contribution in [0.15, 0.2) is 47.4 Å². The molecular formula is C29H36N4O6S2. The predicted molar refractivity (Wildman–Crippen MR) is 158 cm³/mol. The minimum absolute atomic E-state index is 0.0801. The molecular weight excluding hydrogens is 564 g/mol. The van der Waals surface area contributed by atoms with Crippen molar-refractivity contribution in [2.45, 2.75) is 50.5 Å². The third-order valence-corrected chi connectivity index (χ3v) is 10.4. The highest BCUT2D eigenvalue weighted by molar-refractivity contribution is 7.89. The number of hydrogen-bond donors (Lipinski definition) is 0. The molecule has 0 N–H and O–H groups in total. The third-order valence-electron chi connectivity index (χ3n) is 7.45. The highest BCUT2D eigenvalue weighted by Gasteiger charge is 2.32. The van der Waals surface area contributed by atoms with Gasteiger partial charge in [0, 0.05) is 38.3 Å². The predicted octanol–water partition coefficient (Wildman–Crippen LogP) is 4.71. The lowest BCUT2D eigenvalue weighted by Gasteiger charge is -2.33. The molecule has 1 atom stereocenters. The molecule has 2 fully saturated rings. The van der Waals surface area contributed by atoms with E-state index < -0.39 is 16.1 Å². The fraction of sp³-hybridized carbons (Fsp3) is 0.483. The summed E-state index contributed by atoms with van der Waals surface area (Å²) >= 11 is 1.47. The number of benzene rings is 2. The standard InChI is InChI=1S/C29H36N4O6S2/c1-4-38-29(35)31-14-16-32(17-15-31)41(36,37)23-12-10-21(11-13-23)27(34)33(19-22-7-6-18-39-22)28-30-26-24(20(2)3)8-5-9-25(26)40-28/h5,8-13,20,22H,4,6-7,14-19H2,1-3H3. The normalized spacial score (nSPS) is 18.2. The van der Waals surface area contributed by atoms with Crippen LogP contribution >= 0.6 is 11.3 Å². The molecule has 2 saturated heterocycles. The van der Waals surface area contributed by atoms with Gasteiger partial charge in [-0.3, -0.25) is 9.69 Å². The van der Waals surface area contributed by atoms with Gasteiger partial charge in [0.05, 0.1) is 34.4 Å². The molecule has 2 amide bonds. The van der Waals surface area contributed by atoms with Crippen molar-refractivity contribution in [2.24, 2.45) is 0 Å². The quantitative estimate of drug-likeness (QED) is 0.368. The lowest BCUT2D eigenvalue weighted by Crippen LogP contribution is -2.50. The first-order chi connectivity index (χ1) is 19.7. The topological polar surface area (TPSA) is 109 Å². The molecule has 10 nitrogen and oxygen atoms in total. The summed E-state index contributed by atoms with van der Waals surface area (Å²) in [4.78, 5) is 34.0. The maximum Gasteiger partial charge on any atom is 0.409 e. The van der Waals surface area contributed by atoms with Crippen LogP contribution < -0.4 is 4.90 Å². The Hall–Kier alpha value is -3.06. The Morgan fingerprint density at radius 1 is 1.12 bits per heavy atom. The van der Waals surface area contributed by atoms with Crippen LogP contribution in [0, 0.1) is 0 Å². The van der Waals surface area contributed by atoms with Gasteiger partial charge in [-0.1, -0.05) is 37.3 Å². The highest BCUT2D eigenvalue weighted by Crippen LogP contribution is 2.35. The Labute approximate surface area is 244 Å². The number of rotatable bonds is 8. The zero-order valence-corrected chi connectivity index (χ0v) is 25.2. The third kappa shape index (κ3) is 6.25. The van der Waals surface area contributed by atoms with Crippen LogP contribution in [0.4, 0.5) is 9.93 Å². The van der Waals surface area contributed by atoms with E-state index >= 15 is 0 Å². The van der Waals surface area contributed by atoms with Gasteiger partial charge in [0.2, 0.25) is 10.0 Å². The van der Waals surface area contributed by atoms with Crippen molar-refractivity contribution >= 4 is 48.7 Å². The molecule has 0 spiro atoms. The van der Waals surface area contributed by atoms with Crippen molar-refractivity contribution in [3.63, 3.8) is 0 Å². The number of carbonyl (C=O) groups is 2. The summed E-state index contributed by atoms with van der Waals surface area (Å²) in [6.45, 7) is 8.16. The summed E-state index contributed by atoms with van der Waals surface area (Å²) in [5.74, 6) is 0.0382. The van der Waals surface area contributed by atoms with Crippen molar-refractivity contribution in [2.75, 3.05) is 50.8 Å². The Balaban J connectivity index is 1.37. The summed E-state index contributed by atoms with van der Waals surface area (Å²) in [6, 6.07) is 12.2. The van der Waals surface area contributed by atoms with Crippen LogP contribution in [-0.4, -0.2) is 86.6 Å². The van der Waals surface area contributed by atoms with Crippen LogP contribution in [-0.2, 0) is 19.5 Å². The van der Waals surface area contributed by atoms with Crippen LogP contribution in [0.2, 0.25) is 0 Å². The minimum Gasteiger partial charge on any atom is -0.450 e. The average molecular weight is 601 g/mol. The van der Waals surface area contributed by atoms with E-state index in [0.29, 0.717) is 29.8 Å². The first kappa shape index (κ1) is 29.4. The molecule has 3 aromatic rings. The Kier molecular flexibility index (Phi) is 8.93. The molecule has 2 aliphatic heterocycles. The largest absolute Gasteiger partial charge is 0.450 e. The number of thiazole rings is 1. The molecule has 1 unspecified atom stereocenters. The number of sulfonamides is 1. The van der Waals surface area contributed by atoms with Crippen molar-refractivity contribution in [1.82, 2.24) is 14.2 Å². The number of nitrogens with zero attached hydrogens (tertiary/aromatic N) is 4. The van der Waals surface area contributed by atoms with Crippen molar-refractivity contribution in [1.29, 1.82) is 0 Å². The van der Waals surface area contributed by atoms with E-state index in [1.54, 1.807) is 24.0 Å². The zero-order chi connectivity index (χ0) is 29.1. The second kappa shape index (κ2) is 12.4. The average Bonchev–Trinajstić information content (AvgIpc) is 3.65. The van der Waals surface area contributed by atoms with E-state index in [1.807, 2.05) is 12.1 Å². The van der Waals surface area contributed by atoms with E-state index in [2.05, 4.69) is 19.9 Å². The van der Waals surface area contributed by atoms with E-state index in [1.165, 1.54) is 32.7 Å². The second-order valence-electron chi connectivity index (χ2n) is 10.5.